The Morgan fingerprint density at radius 3 is 2.65 bits per heavy atom. The molecule has 1 heterocycles. The van der Waals surface area contributed by atoms with E-state index in [0.29, 0.717) is 0 Å². The number of benzene rings is 1. The number of rotatable bonds is 4. The zero-order chi connectivity index (χ0) is 16.9. The lowest BCUT2D eigenvalue weighted by atomic mass is 10.0. The molecule has 2 N–H and O–H groups in total. The largest absolute Gasteiger partial charge is 0.373 e. The maximum Gasteiger partial charge on any atom is 0.190 e. The lowest BCUT2D eigenvalue weighted by Crippen LogP contribution is -2.52. The van der Waals surface area contributed by atoms with Crippen LogP contribution in [0, 0.1) is 0 Å². The van der Waals surface area contributed by atoms with Crippen LogP contribution in [0.25, 0.3) is 0 Å². The van der Waals surface area contributed by atoms with Crippen LogP contribution < -0.4 is 10.6 Å². The maximum atomic E-state index is 6.04. The van der Waals surface area contributed by atoms with Gasteiger partial charge in [-0.05, 0) is 31.5 Å². The average molecular weight is 339 g/mol. The quantitative estimate of drug-likeness (QED) is 0.653. The topological polar surface area (TPSA) is 48.9 Å². The molecule has 1 saturated heterocycles. The highest BCUT2D eigenvalue weighted by Gasteiger charge is 2.32. The first-order chi connectivity index (χ1) is 10.9. The Kier molecular flexibility index (Phi) is 6.27. The summed E-state index contributed by atoms with van der Waals surface area (Å²) in [6, 6.07) is 8.32. The maximum absolute atomic E-state index is 6.04. The molecule has 1 aromatic rings. The van der Waals surface area contributed by atoms with Crippen LogP contribution in [0.15, 0.2) is 29.3 Å². The molecule has 1 fully saturated rings. The Morgan fingerprint density at radius 1 is 1.39 bits per heavy atom. The second-order valence-electron chi connectivity index (χ2n) is 6.35. The van der Waals surface area contributed by atoms with E-state index in [4.69, 9.17) is 16.3 Å². The number of nitrogens with zero attached hydrogens (tertiary/aromatic N) is 2. The smallest absolute Gasteiger partial charge is 0.190 e. The van der Waals surface area contributed by atoms with E-state index in [9.17, 15) is 0 Å². The summed E-state index contributed by atoms with van der Waals surface area (Å²) in [5, 5.41) is 7.20. The van der Waals surface area contributed by atoms with E-state index in [-0.39, 0.29) is 11.6 Å². The van der Waals surface area contributed by atoms with E-state index in [1.165, 1.54) is 5.56 Å². The number of hydrogen-bond acceptors (Lipinski definition) is 3. The minimum atomic E-state index is -0.131. The molecular formula is C17H27ClN4O. The number of morpholine rings is 1. The Balaban J connectivity index is 2.18. The van der Waals surface area contributed by atoms with Crippen molar-refractivity contribution in [1.29, 1.82) is 0 Å². The van der Waals surface area contributed by atoms with Gasteiger partial charge in [-0.15, -0.1) is 0 Å². The van der Waals surface area contributed by atoms with E-state index in [0.717, 1.165) is 37.2 Å². The van der Waals surface area contributed by atoms with E-state index in [2.05, 4.69) is 46.5 Å². The highest BCUT2D eigenvalue weighted by atomic mass is 35.5. The summed E-state index contributed by atoms with van der Waals surface area (Å²) in [7, 11) is 3.64. The first-order valence-corrected chi connectivity index (χ1v) is 8.35. The van der Waals surface area contributed by atoms with Crippen LogP contribution in [-0.4, -0.2) is 56.8 Å². The molecule has 0 radical (unpaired) electrons. The van der Waals surface area contributed by atoms with Crippen molar-refractivity contribution in [2.24, 2.45) is 4.99 Å². The minimum Gasteiger partial charge on any atom is -0.373 e. The number of guanidine groups is 1. The predicted molar refractivity (Wildman–Crippen MR) is 96.2 cm³/mol. The summed E-state index contributed by atoms with van der Waals surface area (Å²) in [6.07, 6.45) is 0. The van der Waals surface area contributed by atoms with Gasteiger partial charge in [-0.1, -0.05) is 23.7 Å². The number of hydrogen-bond donors (Lipinski definition) is 2. The number of ether oxygens (including phenoxy) is 1. The fourth-order valence-electron chi connectivity index (χ4n) is 2.93. The molecule has 23 heavy (non-hydrogen) atoms. The number of halogens is 1. The van der Waals surface area contributed by atoms with Gasteiger partial charge in [-0.2, -0.15) is 0 Å². The summed E-state index contributed by atoms with van der Waals surface area (Å²) >= 11 is 6.04. The van der Waals surface area contributed by atoms with Crippen LogP contribution in [0.1, 0.15) is 25.5 Å². The molecule has 0 aliphatic carbocycles. The third-order valence-electron chi connectivity index (χ3n) is 4.07. The molecule has 1 aliphatic heterocycles. The first-order valence-electron chi connectivity index (χ1n) is 7.97. The van der Waals surface area contributed by atoms with Gasteiger partial charge in [-0.3, -0.25) is 9.89 Å². The molecule has 1 aromatic carbocycles. The van der Waals surface area contributed by atoms with E-state index >= 15 is 0 Å². The molecule has 5 nitrogen and oxygen atoms in total. The van der Waals surface area contributed by atoms with Crippen molar-refractivity contribution in [2.45, 2.75) is 25.5 Å². The zero-order valence-corrected chi connectivity index (χ0v) is 15.2. The van der Waals surface area contributed by atoms with Crippen LogP contribution in [0.4, 0.5) is 0 Å². The highest BCUT2D eigenvalue weighted by Crippen LogP contribution is 2.27. The van der Waals surface area contributed by atoms with Gasteiger partial charge in [0.2, 0.25) is 0 Å². The summed E-state index contributed by atoms with van der Waals surface area (Å²) in [5.41, 5.74) is 1.11. The van der Waals surface area contributed by atoms with Crippen molar-refractivity contribution in [3.63, 3.8) is 0 Å². The Labute approximate surface area is 144 Å². The Bertz CT molecular complexity index is 530. The van der Waals surface area contributed by atoms with Crippen LogP contribution in [-0.2, 0) is 4.74 Å². The SMILES string of the molecule is CN=C(NC)NCC(c1ccc(Cl)cc1)N1CCOC(C)(C)C1. The second-order valence-corrected chi connectivity index (χ2v) is 6.79. The van der Waals surface area contributed by atoms with Gasteiger partial charge >= 0.3 is 0 Å². The van der Waals surface area contributed by atoms with Crippen molar-refractivity contribution < 1.29 is 4.74 Å². The van der Waals surface area contributed by atoms with Gasteiger partial charge in [0.15, 0.2) is 5.96 Å². The Morgan fingerprint density at radius 2 is 2.09 bits per heavy atom. The van der Waals surface area contributed by atoms with Gasteiger partial charge in [0.1, 0.15) is 0 Å². The van der Waals surface area contributed by atoms with Crippen molar-refractivity contribution in [2.75, 3.05) is 40.3 Å². The Hall–Kier alpha value is -1.30. The normalized spacial score (nSPS) is 20.1. The molecular weight excluding hydrogens is 312 g/mol. The number of aliphatic imine (C=N–C) groups is 1. The fraction of sp³-hybridized carbons (Fsp3) is 0.588. The van der Waals surface area contributed by atoms with Crippen molar-refractivity contribution >= 4 is 17.6 Å². The van der Waals surface area contributed by atoms with Gasteiger partial charge in [-0.25, -0.2) is 0 Å². The summed E-state index contributed by atoms with van der Waals surface area (Å²) in [6.45, 7) is 7.59. The molecule has 0 aromatic heterocycles. The van der Waals surface area contributed by atoms with Crippen molar-refractivity contribution in [1.82, 2.24) is 15.5 Å². The molecule has 1 atom stereocenters. The number of nitrogens with one attached hydrogen (secondary N) is 2. The van der Waals surface area contributed by atoms with Crippen LogP contribution in [0.3, 0.4) is 0 Å². The summed E-state index contributed by atoms with van der Waals surface area (Å²) in [4.78, 5) is 6.65. The molecule has 128 valence electrons. The van der Waals surface area contributed by atoms with Gasteiger partial charge in [0.25, 0.3) is 0 Å². The lowest BCUT2D eigenvalue weighted by Gasteiger charge is -2.42. The third-order valence-corrected chi connectivity index (χ3v) is 4.33. The first kappa shape index (κ1) is 18.0. The lowest BCUT2D eigenvalue weighted by molar-refractivity contribution is -0.0971. The van der Waals surface area contributed by atoms with E-state index in [1.807, 2.05) is 19.2 Å². The van der Waals surface area contributed by atoms with Crippen LogP contribution in [0.2, 0.25) is 5.02 Å². The highest BCUT2D eigenvalue weighted by molar-refractivity contribution is 6.30. The summed E-state index contributed by atoms with van der Waals surface area (Å²) in [5.74, 6) is 0.788. The standard InChI is InChI=1S/C17H27ClN4O/c1-17(2)12-22(9-10-23-17)15(11-21-16(19-3)20-4)13-5-7-14(18)8-6-13/h5-8,15H,9-12H2,1-4H3,(H2,19,20,21). The molecule has 2 rings (SSSR count). The molecule has 0 saturated carbocycles. The van der Waals surface area contributed by atoms with Gasteiger partial charge < -0.3 is 15.4 Å². The second kappa shape index (κ2) is 7.99. The van der Waals surface area contributed by atoms with Crippen molar-refractivity contribution in [3.05, 3.63) is 34.9 Å². The molecule has 0 spiro atoms. The van der Waals surface area contributed by atoms with E-state index in [1.54, 1.807) is 7.05 Å². The van der Waals surface area contributed by atoms with Crippen LogP contribution >= 0.6 is 11.6 Å². The average Bonchev–Trinajstić information content (AvgIpc) is 2.52. The molecule has 6 heteroatoms. The molecule has 1 unspecified atom stereocenters. The molecule has 0 bridgehead atoms. The monoisotopic (exact) mass is 338 g/mol. The van der Waals surface area contributed by atoms with Gasteiger partial charge in [0, 0.05) is 38.8 Å². The van der Waals surface area contributed by atoms with Crippen LogP contribution in [0.5, 0.6) is 0 Å². The minimum absolute atomic E-state index is 0.131. The molecule has 0 amide bonds. The van der Waals surface area contributed by atoms with E-state index < -0.39 is 0 Å². The summed E-state index contributed by atoms with van der Waals surface area (Å²) < 4.78 is 5.85. The predicted octanol–water partition coefficient (Wildman–Crippen LogP) is 2.29. The van der Waals surface area contributed by atoms with Gasteiger partial charge in [0.05, 0.1) is 18.2 Å². The zero-order valence-electron chi connectivity index (χ0n) is 14.4. The molecule has 1 aliphatic rings. The van der Waals surface area contributed by atoms with Crippen molar-refractivity contribution in [3.8, 4) is 0 Å². The fourth-order valence-corrected chi connectivity index (χ4v) is 3.06. The third kappa shape index (κ3) is 5.09.